The van der Waals surface area contributed by atoms with E-state index < -0.39 is 0 Å². The monoisotopic (exact) mass is 417 g/mol. The van der Waals surface area contributed by atoms with Gasteiger partial charge in [-0.3, -0.25) is 4.57 Å². The number of aryl methyl sites for hydroxylation is 1. The number of pyridine rings is 1. The molecule has 2 heterocycles. The lowest BCUT2D eigenvalue weighted by Crippen LogP contribution is -2.02. The topological polar surface area (TPSA) is 30.7 Å². The highest BCUT2D eigenvalue weighted by Crippen LogP contribution is 2.27. The summed E-state index contributed by atoms with van der Waals surface area (Å²) in [5.74, 6) is 1.11. The van der Waals surface area contributed by atoms with E-state index in [2.05, 4.69) is 32.6 Å². The maximum absolute atomic E-state index is 6.04. The fraction of sp³-hybridized carbons (Fsp3) is 0.143. The third-order valence-corrected chi connectivity index (χ3v) is 4.31. The van der Waals surface area contributed by atoms with Crippen LogP contribution in [0.4, 0.5) is 0 Å². The predicted octanol–water partition coefficient (Wildman–Crippen LogP) is 4.73. The fourth-order valence-electron chi connectivity index (χ4n) is 2.12. The van der Waals surface area contributed by atoms with E-state index in [9.17, 15) is 0 Å². The highest BCUT2D eigenvalue weighted by Gasteiger charge is 2.15. The van der Waals surface area contributed by atoms with E-state index in [1.807, 2.05) is 42.0 Å². The summed E-state index contributed by atoms with van der Waals surface area (Å²) in [5, 5.41) is 0.707. The zero-order valence-electron chi connectivity index (χ0n) is 10.6. The molecule has 102 valence electrons. The van der Waals surface area contributed by atoms with Crippen molar-refractivity contribution in [1.29, 1.82) is 0 Å². The minimum atomic E-state index is 0.327. The van der Waals surface area contributed by atoms with Gasteiger partial charge < -0.3 is 0 Å². The molecular formula is C14H10Cl2IN3. The van der Waals surface area contributed by atoms with Crippen molar-refractivity contribution in [3.63, 3.8) is 0 Å². The lowest BCUT2D eigenvalue weighted by atomic mass is 10.3. The van der Waals surface area contributed by atoms with Crippen LogP contribution in [-0.4, -0.2) is 14.5 Å². The number of rotatable bonds is 2. The second kappa shape index (κ2) is 5.50. The van der Waals surface area contributed by atoms with Crippen LogP contribution in [0, 0.1) is 10.5 Å². The molecule has 0 saturated carbocycles. The predicted molar refractivity (Wildman–Crippen MR) is 90.9 cm³/mol. The van der Waals surface area contributed by atoms with Crippen molar-refractivity contribution >= 4 is 57.0 Å². The minimum Gasteiger partial charge on any atom is -0.279 e. The van der Waals surface area contributed by atoms with E-state index in [0.29, 0.717) is 10.9 Å². The molecule has 20 heavy (non-hydrogen) atoms. The van der Waals surface area contributed by atoms with Gasteiger partial charge in [0.05, 0.1) is 11.6 Å². The second-order valence-electron chi connectivity index (χ2n) is 4.45. The highest BCUT2D eigenvalue weighted by atomic mass is 127. The lowest BCUT2D eigenvalue weighted by molar-refractivity contribution is 0.964. The SMILES string of the molecule is Cc1cnc2c(c1)nc(CCl)n2-c1ccc(Cl)cc1I. The first-order chi connectivity index (χ1) is 9.60. The van der Waals surface area contributed by atoms with Crippen molar-refractivity contribution < 1.29 is 0 Å². The lowest BCUT2D eigenvalue weighted by Gasteiger charge is -2.09. The standard InChI is InChI=1S/C14H10Cl2IN3/c1-8-4-11-14(18-7-8)20(13(6-15)19-11)12-3-2-9(16)5-10(12)17/h2-5,7H,6H2,1H3. The van der Waals surface area contributed by atoms with E-state index in [0.717, 1.165) is 31.8 Å². The quantitative estimate of drug-likeness (QED) is 0.446. The second-order valence-corrected chi connectivity index (χ2v) is 6.31. The Morgan fingerprint density at radius 3 is 2.80 bits per heavy atom. The molecule has 0 spiro atoms. The molecule has 0 aliphatic heterocycles. The van der Waals surface area contributed by atoms with Gasteiger partial charge in [-0.25, -0.2) is 9.97 Å². The Morgan fingerprint density at radius 1 is 1.30 bits per heavy atom. The molecule has 0 fully saturated rings. The van der Waals surface area contributed by atoms with Gasteiger partial charge in [0.15, 0.2) is 5.65 Å². The fourth-order valence-corrected chi connectivity index (χ4v) is 3.41. The number of benzene rings is 1. The Hall–Kier alpha value is -0.850. The molecule has 3 aromatic rings. The molecule has 3 nitrogen and oxygen atoms in total. The minimum absolute atomic E-state index is 0.327. The summed E-state index contributed by atoms with van der Waals surface area (Å²) in [6, 6.07) is 7.74. The Morgan fingerprint density at radius 2 is 2.10 bits per heavy atom. The molecule has 0 bridgehead atoms. The summed E-state index contributed by atoms with van der Waals surface area (Å²) in [4.78, 5) is 9.06. The number of nitrogens with zero attached hydrogens (tertiary/aromatic N) is 3. The summed E-state index contributed by atoms with van der Waals surface area (Å²) in [6.07, 6.45) is 1.83. The molecule has 0 amide bonds. The summed E-state index contributed by atoms with van der Waals surface area (Å²) in [7, 11) is 0. The molecule has 6 heteroatoms. The van der Waals surface area contributed by atoms with Gasteiger partial charge in [-0.15, -0.1) is 11.6 Å². The normalized spacial score (nSPS) is 11.2. The van der Waals surface area contributed by atoms with Gasteiger partial charge in [-0.05, 0) is 59.3 Å². The largest absolute Gasteiger partial charge is 0.279 e. The molecule has 0 atom stereocenters. The van der Waals surface area contributed by atoms with Gasteiger partial charge in [0.25, 0.3) is 0 Å². The molecular weight excluding hydrogens is 408 g/mol. The van der Waals surface area contributed by atoms with Gasteiger partial charge in [0.1, 0.15) is 11.3 Å². The van der Waals surface area contributed by atoms with E-state index in [-0.39, 0.29) is 0 Å². The number of fused-ring (bicyclic) bond motifs is 1. The Kier molecular flexibility index (Phi) is 3.88. The van der Waals surface area contributed by atoms with Crippen molar-refractivity contribution in [3.05, 3.63) is 50.4 Å². The van der Waals surface area contributed by atoms with Gasteiger partial charge in [0.2, 0.25) is 0 Å². The Labute approximate surface area is 140 Å². The van der Waals surface area contributed by atoms with Crippen LogP contribution in [0.15, 0.2) is 30.5 Å². The summed E-state index contributed by atoms with van der Waals surface area (Å²) >= 11 is 14.3. The average molecular weight is 418 g/mol. The van der Waals surface area contributed by atoms with E-state index >= 15 is 0 Å². The third-order valence-electron chi connectivity index (χ3n) is 2.97. The van der Waals surface area contributed by atoms with Crippen molar-refractivity contribution in [1.82, 2.24) is 14.5 Å². The van der Waals surface area contributed by atoms with E-state index in [1.54, 1.807) is 0 Å². The maximum atomic E-state index is 6.04. The molecule has 0 aliphatic rings. The van der Waals surface area contributed by atoms with Crippen molar-refractivity contribution in [2.75, 3.05) is 0 Å². The first-order valence-corrected chi connectivity index (χ1v) is 7.94. The molecule has 0 aliphatic carbocycles. The zero-order chi connectivity index (χ0) is 14.3. The van der Waals surface area contributed by atoms with Crippen LogP contribution >= 0.6 is 45.8 Å². The van der Waals surface area contributed by atoms with Crippen molar-refractivity contribution in [2.45, 2.75) is 12.8 Å². The van der Waals surface area contributed by atoms with Crippen LogP contribution in [0.3, 0.4) is 0 Å². The number of hydrogen-bond acceptors (Lipinski definition) is 2. The number of aromatic nitrogens is 3. The van der Waals surface area contributed by atoms with Crippen LogP contribution in [0.2, 0.25) is 5.02 Å². The Bertz CT molecular complexity index is 798. The molecule has 2 aromatic heterocycles. The maximum Gasteiger partial charge on any atom is 0.164 e. The van der Waals surface area contributed by atoms with E-state index in [4.69, 9.17) is 23.2 Å². The van der Waals surface area contributed by atoms with Crippen LogP contribution < -0.4 is 0 Å². The van der Waals surface area contributed by atoms with E-state index in [1.165, 1.54) is 0 Å². The van der Waals surface area contributed by atoms with Gasteiger partial charge in [-0.1, -0.05) is 11.6 Å². The number of halogens is 3. The van der Waals surface area contributed by atoms with Gasteiger partial charge in [-0.2, -0.15) is 0 Å². The molecule has 0 saturated heterocycles. The smallest absolute Gasteiger partial charge is 0.164 e. The summed E-state index contributed by atoms with van der Waals surface area (Å²) in [6.45, 7) is 2.00. The molecule has 0 N–H and O–H groups in total. The number of alkyl halides is 1. The van der Waals surface area contributed by atoms with Crippen molar-refractivity contribution in [2.24, 2.45) is 0 Å². The van der Waals surface area contributed by atoms with Crippen LogP contribution in [0.25, 0.3) is 16.9 Å². The first kappa shape index (κ1) is 14.1. The highest BCUT2D eigenvalue weighted by molar-refractivity contribution is 14.1. The van der Waals surface area contributed by atoms with Crippen molar-refractivity contribution in [3.8, 4) is 5.69 Å². The first-order valence-electron chi connectivity index (χ1n) is 5.95. The Balaban J connectivity index is 2.34. The number of imidazole rings is 1. The molecule has 3 rings (SSSR count). The zero-order valence-corrected chi connectivity index (χ0v) is 14.2. The number of hydrogen-bond donors (Lipinski definition) is 0. The third kappa shape index (κ3) is 2.40. The van der Waals surface area contributed by atoms with Crippen LogP contribution in [0.1, 0.15) is 11.4 Å². The summed E-state index contributed by atoms with van der Waals surface area (Å²) in [5.41, 5.74) is 3.73. The van der Waals surface area contributed by atoms with Crippen LogP contribution in [-0.2, 0) is 5.88 Å². The summed E-state index contributed by atoms with van der Waals surface area (Å²) < 4.78 is 3.02. The van der Waals surface area contributed by atoms with Gasteiger partial charge in [0, 0.05) is 14.8 Å². The molecule has 0 unspecified atom stereocenters. The van der Waals surface area contributed by atoms with Crippen LogP contribution in [0.5, 0.6) is 0 Å². The average Bonchev–Trinajstić information content (AvgIpc) is 2.76. The van der Waals surface area contributed by atoms with Gasteiger partial charge >= 0.3 is 0 Å². The molecule has 1 aromatic carbocycles. The molecule has 0 radical (unpaired) electrons.